The number of likely N-dealkylation sites (tertiary alicyclic amines) is 1. The van der Waals surface area contributed by atoms with Gasteiger partial charge < -0.3 is 15.4 Å². The number of carbonyl (C=O) groups excluding carboxylic acids is 2. The third kappa shape index (κ3) is 3.66. The van der Waals surface area contributed by atoms with Crippen molar-refractivity contribution in [1.29, 1.82) is 0 Å². The molecule has 1 aliphatic heterocycles. The number of primary amides is 1. The van der Waals surface area contributed by atoms with Crippen molar-refractivity contribution < 1.29 is 14.3 Å². The van der Waals surface area contributed by atoms with Gasteiger partial charge in [-0.15, -0.1) is 11.3 Å². The van der Waals surface area contributed by atoms with Gasteiger partial charge in [-0.2, -0.15) is 0 Å². The standard InChI is InChI=1S/C18H21N3O3S/c1-11-3-4-13(16(19)22)9-21(11)18(23)15-10-25-17(20-15)12-5-7-14(24-2)8-6-12/h5-8,10-11,13H,3-4,9H2,1-2H3,(H2,19,22)/t11-,13-/m1/s1. The van der Waals surface area contributed by atoms with Gasteiger partial charge in [0, 0.05) is 23.5 Å². The Bertz CT molecular complexity index is 772. The van der Waals surface area contributed by atoms with E-state index in [0.29, 0.717) is 12.2 Å². The average Bonchev–Trinajstić information content (AvgIpc) is 3.11. The van der Waals surface area contributed by atoms with Crippen molar-refractivity contribution in [1.82, 2.24) is 9.88 Å². The number of amides is 2. The number of benzene rings is 1. The molecule has 1 saturated heterocycles. The van der Waals surface area contributed by atoms with Crippen LogP contribution >= 0.6 is 11.3 Å². The molecular weight excluding hydrogens is 338 g/mol. The highest BCUT2D eigenvalue weighted by Gasteiger charge is 2.33. The Kier molecular flexibility index (Phi) is 5.03. The summed E-state index contributed by atoms with van der Waals surface area (Å²) in [6.07, 6.45) is 1.50. The van der Waals surface area contributed by atoms with Crippen molar-refractivity contribution in [3.05, 3.63) is 35.3 Å². The van der Waals surface area contributed by atoms with Crippen molar-refractivity contribution >= 4 is 23.2 Å². The predicted octanol–water partition coefficient (Wildman–Crippen LogP) is 2.54. The van der Waals surface area contributed by atoms with Crippen LogP contribution in [-0.2, 0) is 4.79 Å². The third-order valence-corrected chi connectivity index (χ3v) is 5.50. The molecule has 0 bridgehead atoms. The van der Waals surface area contributed by atoms with E-state index in [-0.39, 0.29) is 23.8 Å². The van der Waals surface area contributed by atoms with E-state index in [1.807, 2.05) is 31.2 Å². The van der Waals surface area contributed by atoms with Crippen LogP contribution in [0.15, 0.2) is 29.6 Å². The lowest BCUT2D eigenvalue weighted by atomic mass is 9.93. The highest BCUT2D eigenvalue weighted by atomic mass is 32.1. The summed E-state index contributed by atoms with van der Waals surface area (Å²) < 4.78 is 5.15. The highest BCUT2D eigenvalue weighted by molar-refractivity contribution is 7.13. The number of methoxy groups -OCH3 is 1. The fourth-order valence-electron chi connectivity index (χ4n) is 3.01. The Morgan fingerprint density at radius 2 is 2.00 bits per heavy atom. The molecule has 2 amide bonds. The summed E-state index contributed by atoms with van der Waals surface area (Å²) in [6.45, 7) is 2.36. The fraction of sp³-hybridized carbons (Fsp3) is 0.389. The number of piperidine rings is 1. The average molecular weight is 359 g/mol. The van der Waals surface area contributed by atoms with Crippen molar-refractivity contribution in [2.45, 2.75) is 25.8 Å². The third-order valence-electron chi connectivity index (χ3n) is 4.61. The monoisotopic (exact) mass is 359 g/mol. The number of carbonyl (C=O) groups is 2. The van der Waals surface area contributed by atoms with Gasteiger partial charge in [0.25, 0.3) is 5.91 Å². The molecule has 25 heavy (non-hydrogen) atoms. The number of hydrogen-bond donors (Lipinski definition) is 1. The van der Waals surface area contributed by atoms with E-state index in [4.69, 9.17) is 10.5 Å². The summed E-state index contributed by atoms with van der Waals surface area (Å²) in [5.74, 6) is 0.00690. The molecular formula is C18H21N3O3S. The molecule has 1 aliphatic rings. The van der Waals surface area contributed by atoms with E-state index in [0.717, 1.165) is 29.2 Å². The second kappa shape index (κ2) is 7.23. The van der Waals surface area contributed by atoms with Gasteiger partial charge in [-0.3, -0.25) is 9.59 Å². The van der Waals surface area contributed by atoms with E-state index >= 15 is 0 Å². The molecule has 0 spiro atoms. The van der Waals surface area contributed by atoms with Crippen molar-refractivity contribution in [3.8, 4) is 16.3 Å². The molecule has 0 saturated carbocycles. The molecule has 2 aromatic rings. The van der Waals surface area contributed by atoms with Crippen LogP contribution in [0.1, 0.15) is 30.3 Å². The number of rotatable bonds is 4. The Labute approximate surface area is 150 Å². The number of nitrogens with zero attached hydrogens (tertiary/aromatic N) is 2. The summed E-state index contributed by atoms with van der Waals surface area (Å²) in [4.78, 5) is 30.5. The van der Waals surface area contributed by atoms with Gasteiger partial charge >= 0.3 is 0 Å². The number of ether oxygens (including phenoxy) is 1. The van der Waals surface area contributed by atoms with Crippen LogP contribution in [0.2, 0.25) is 0 Å². The molecule has 1 aromatic carbocycles. The topological polar surface area (TPSA) is 85.5 Å². The zero-order valence-electron chi connectivity index (χ0n) is 14.3. The SMILES string of the molecule is COc1ccc(-c2nc(C(=O)N3C[C@H](C(N)=O)CC[C@H]3C)cs2)cc1. The van der Waals surface area contributed by atoms with Crippen LogP contribution in [-0.4, -0.2) is 41.4 Å². The van der Waals surface area contributed by atoms with E-state index in [1.54, 1.807) is 17.4 Å². The molecule has 1 aromatic heterocycles. The Morgan fingerprint density at radius 1 is 1.28 bits per heavy atom. The first-order chi connectivity index (χ1) is 12.0. The zero-order valence-corrected chi connectivity index (χ0v) is 15.1. The van der Waals surface area contributed by atoms with Crippen molar-refractivity contribution in [3.63, 3.8) is 0 Å². The molecule has 6 nitrogen and oxygen atoms in total. The lowest BCUT2D eigenvalue weighted by molar-refractivity contribution is -0.123. The first-order valence-electron chi connectivity index (χ1n) is 8.20. The minimum absolute atomic E-state index is 0.0780. The minimum atomic E-state index is -0.345. The lowest BCUT2D eigenvalue weighted by Gasteiger charge is -2.36. The van der Waals surface area contributed by atoms with E-state index in [2.05, 4.69) is 4.98 Å². The van der Waals surface area contributed by atoms with Crippen LogP contribution in [0.4, 0.5) is 0 Å². The van der Waals surface area contributed by atoms with Crippen LogP contribution in [0.25, 0.3) is 10.6 Å². The van der Waals surface area contributed by atoms with Gasteiger partial charge in [0.1, 0.15) is 16.5 Å². The van der Waals surface area contributed by atoms with Crippen LogP contribution in [0, 0.1) is 5.92 Å². The van der Waals surface area contributed by atoms with Crippen LogP contribution < -0.4 is 10.5 Å². The maximum absolute atomic E-state index is 12.8. The smallest absolute Gasteiger partial charge is 0.273 e. The fourth-order valence-corrected chi connectivity index (χ4v) is 3.81. The number of thiazole rings is 1. The lowest BCUT2D eigenvalue weighted by Crippen LogP contribution is -2.48. The Morgan fingerprint density at radius 3 is 2.64 bits per heavy atom. The number of nitrogens with two attached hydrogens (primary N) is 1. The van der Waals surface area contributed by atoms with Gasteiger partial charge in [0.2, 0.25) is 5.91 Å². The van der Waals surface area contributed by atoms with Gasteiger partial charge in [-0.05, 0) is 44.0 Å². The number of aromatic nitrogens is 1. The predicted molar refractivity (Wildman–Crippen MR) is 96.5 cm³/mol. The largest absolute Gasteiger partial charge is 0.497 e. The molecule has 0 radical (unpaired) electrons. The zero-order chi connectivity index (χ0) is 18.0. The maximum atomic E-state index is 12.8. The van der Waals surface area contributed by atoms with E-state index < -0.39 is 0 Å². The first-order valence-corrected chi connectivity index (χ1v) is 9.07. The van der Waals surface area contributed by atoms with Gasteiger partial charge in [-0.25, -0.2) is 4.98 Å². The summed E-state index contributed by atoms with van der Waals surface area (Å²) >= 11 is 1.43. The second-order valence-corrected chi connectivity index (χ2v) is 7.11. The summed E-state index contributed by atoms with van der Waals surface area (Å²) in [5, 5.41) is 2.55. The minimum Gasteiger partial charge on any atom is -0.497 e. The van der Waals surface area contributed by atoms with Crippen molar-refractivity contribution in [2.75, 3.05) is 13.7 Å². The van der Waals surface area contributed by atoms with Gasteiger partial charge in [-0.1, -0.05) is 0 Å². The molecule has 3 rings (SSSR count). The normalized spacial score (nSPS) is 20.3. The molecule has 2 atom stereocenters. The highest BCUT2D eigenvalue weighted by Crippen LogP contribution is 2.28. The van der Waals surface area contributed by atoms with Crippen LogP contribution in [0.3, 0.4) is 0 Å². The van der Waals surface area contributed by atoms with E-state index in [9.17, 15) is 9.59 Å². The molecule has 0 unspecified atom stereocenters. The molecule has 132 valence electrons. The van der Waals surface area contributed by atoms with Gasteiger partial charge in [0.15, 0.2) is 0 Å². The second-order valence-electron chi connectivity index (χ2n) is 6.25. The Balaban J connectivity index is 1.78. The number of hydrogen-bond acceptors (Lipinski definition) is 5. The quantitative estimate of drug-likeness (QED) is 0.909. The first kappa shape index (κ1) is 17.4. The molecule has 2 N–H and O–H groups in total. The maximum Gasteiger partial charge on any atom is 0.273 e. The van der Waals surface area contributed by atoms with Crippen LogP contribution in [0.5, 0.6) is 5.75 Å². The van der Waals surface area contributed by atoms with Crippen molar-refractivity contribution in [2.24, 2.45) is 11.7 Å². The van der Waals surface area contributed by atoms with Gasteiger partial charge in [0.05, 0.1) is 13.0 Å². The summed E-state index contributed by atoms with van der Waals surface area (Å²) in [7, 11) is 1.62. The molecule has 1 fully saturated rings. The summed E-state index contributed by atoms with van der Waals surface area (Å²) in [6, 6.07) is 7.64. The molecule has 2 heterocycles. The molecule has 7 heteroatoms. The summed E-state index contributed by atoms with van der Waals surface area (Å²) in [5.41, 5.74) is 6.76. The van der Waals surface area contributed by atoms with E-state index in [1.165, 1.54) is 11.3 Å². The molecule has 0 aliphatic carbocycles. The Hall–Kier alpha value is -2.41.